The molecule has 0 aliphatic carbocycles. The second-order valence-electron chi connectivity index (χ2n) is 8.99. The molecule has 1 aromatic carbocycles. The molecule has 3 heterocycles. The van der Waals surface area contributed by atoms with Gasteiger partial charge in [-0.15, -0.1) is 0 Å². The van der Waals surface area contributed by atoms with E-state index in [0.717, 1.165) is 81.0 Å². The first-order valence-corrected chi connectivity index (χ1v) is 11.9. The number of nitrogens with zero attached hydrogens (tertiary/aromatic N) is 5. The Kier molecular flexibility index (Phi) is 7.95. The average Bonchev–Trinajstić information content (AvgIpc) is 2.89. The lowest BCUT2D eigenvalue weighted by Gasteiger charge is -2.37. The van der Waals surface area contributed by atoms with Gasteiger partial charge in [0.1, 0.15) is 12.9 Å². The van der Waals surface area contributed by atoms with Crippen LogP contribution in [0.4, 0.5) is 5.95 Å². The molecular weight excluding hydrogens is 432 g/mol. The minimum atomic E-state index is 0.101. The molecule has 2 aromatic rings. The van der Waals surface area contributed by atoms with Gasteiger partial charge in [0.25, 0.3) is 0 Å². The van der Waals surface area contributed by atoms with E-state index in [4.69, 9.17) is 15.3 Å². The molecule has 2 aliphatic rings. The minimum Gasteiger partial charge on any atom is -0.497 e. The van der Waals surface area contributed by atoms with E-state index in [1.165, 1.54) is 0 Å². The molecule has 1 amide bonds. The summed E-state index contributed by atoms with van der Waals surface area (Å²) in [5, 5.41) is 4.33. The molecule has 0 unspecified atom stereocenters. The van der Waals surface area contributed by atoms with Crippen molar-refractivity contribution in [2.45, 2.75) is 32.2 Å². The summed E-state index contributed by atoms with van der Waals surface area (Å²) in [4.78, 5) is 30.9. The molecule has 182 valence electrons. The lowest BCUT2D eigenvalue weighted by molar-refractivity contribution is -0.138. The van der Waals surface area contributed by atoms with Crippen LogP contribution in [0, 0.1) is 11.8 Å². The van der Waals surface area contributed by atoms with Gasteiger partial charge in [-0.2, -0.15) is 0 Å². The summed E-state index contributed by atoms with van der Waals surface area (Å²) < 4.78 is 5.26. The number of oxime groups is 1. The number of methoxy groups -OCH3 is 1. The average molecular weight is 467 g/mol. The third-order valence-corrected chi connectivity index (χ3v) is 6.84. The smallest absolute Gasteiger partial charge is 0.225 e. The van der Waals surface area contributed by atoms with Crippen molar-refractivity contribution in [3.05, 3.63) is 47.8 Å². The maximum Gasteiger partial charge on any atom is 0.225 e. The van der Waals surface area contributed by atoms with E-state index >= 15 is 0 Å². The molecule has 1 aromatic heterocycles. The van der Waals surface area contributed by atoms with Crippen molar-refractivity contribution in [1.82, 2.24) is 19.8 Å². The van der Waals surface area contributed by atoms with Gasteiger partial charge in [-0.1, -0.05) is 5.16 Å². The third kappa shape index (κ3) is 5.83. The first-order chi connectivity index (χ1) is 16.6. The predicted molar refractivity (Wildman–Crippen MR) is 130 cm³/mol. The molecule has 0 saturated carbocycles. The van der Waals surface area contributed by atoms with Crippen LogP contribution >= 0.6 is 0 Å². The number of rotatable bonds is 7. The van der Waals surface area contributed by atoms with Crippen LogP contribution in [0.15, 0.2) is 41.8 Å². The molecule has 2 fully saturated rings. The summed E-state index contributed by atoms with van der Waals surface area (Å²) in [7, 11) is 3.24. The van der Waals surface area contributed by atoms with Crippen LogP contribution in [-0.4, -0.2) is 71.8 Å². The van der Waals surface area contributed by atoms with Gasteiger partial charge in [-0.3, -0.25) is 9.69 Å². The summed E-state index contributed by atoms with van der Waals surface area (Å²) >= 11 is 0. The van der Waals surface area contributed by atoms with Crippen LogP contribution in [0.5, 0.6) is 5.75 Å². The Bertz CT molecular complexity index is 963. The zero-order chi connectivity index (χ0) is 23.9. The molecule has 0 spiro atoms. The van der Waals surface area contributed by atoms with Crippen LogP contribution in [0.25, 0.3) is 0 Å². The number of anilines is 1. The largest absolute Gasteiger partial charge is 0.497 e. The first kappa shape index (κ1) is 23.9. The molecule has 0 bridgehead atoms. The summed E-state index contributed by atoms with van der Waals surface area (Å²) in [6, 6.07) is 7.90. The molecule has 9 nitrogen and oxygen atoms in total. The van der Waals surface area contributed by atoms with Gasteiger partial charge in [0, 0.05) is 49.4 Å². The Morgan fingerprint density at radius 3 is 2.21 bits per heavy atom. The molecule has 0 atom stereocenters. The lowest BCUT2D eigenvalue weighted by atomic mass is 9.87. The zero-order valence-electron chi connectivity index (χ0n) is 20.0. The van der Waals surface area contributed by atoms with Crippen molar-refractivity contribution >= 4 is 17.6 Å². The highest BCUT2D eigenvalue weighted by Crippen LogP contribution is 2.27. The van der Waals surface area contributed by atoms with E-state index < -0.39 is 0 Å². The molecule has 0 radical (unpaired) electrons. The summed E-state index contributed by atoms with van der Waals surface area (Å²) in [5.41, 5.74) is 8.59. The molecule has 9 heteroatoms. The van der Waals surface area contributed by atoms with Gasteiger partial charge < -0.3 is 20.2 Å². The Labute approximate surface area is 200 Å². The summed E-state index contributed by atoms with van der Waals surface area (Å²) in [6.07, 6.45) is 7.09. The van der Waals surface area contributed by atoms with Crippen molar-refractivity contribution in [2.75, 3.05) is 46.1 Å². The maximum absolute atomic E-state index is 13.2. The minimum absolute atomic E-state index is 0.101. The lowest BCUT2D eigenvalue weighted by Crippen LogP contribution is -2.46. The number of piperidine rings is 2. The number of ether oxygens (including phenoxy) is 1. The van der Waals surface area contributed by atoms with Gasteiger partial charge in [0.15, 0.2) is 0 Å². The topological polar surface area (TPSA) is 106 Å². The van der Waals surface area contributed by atoms with Crippen LogP contribution in [0.2, 0.25) is 0 Å². The van der Waals surface area contributed by atoms with Gasteiger partial charge in [-0.25, -0.2) is 9.97 Å². The molecule has 2 aliphatic heterocycles. The molecule has 2 N–H and O–H groups in total. The van der Waals surface area contributed by atoms with Crippen molar-refractivity contribution < 1.29 is 14.4 Å². The number of nitrogen functional groups attached to an aromatic ring is 1. The number of likely N-dealkylation sites (tertiary alicyclic amines) is 2. The number of aromatic nitrogens is 2. The van der Waals surface area contributed by atoms with Crippen molar-refractivity contribution in [3.63, 3.8) is 0 Å². The molecule has 4 rings (SSSR count). The highest BCUT2D eigenvalue weighted by molar-refractivity contribution is 6.02. The van der Waals surface area contributed by atoms with E-state index in [-0.39, 0.29) is 11.8 Å². The Hall–Kier alpha value is -3.20. The van der Waals surface area contributed by atoms with Gasteiger partial charge in [0.05, 0.1) is 12.8 Å². The maximum atomic E-state index is 13.2. The Balaban J connectivity index is 1.27. The highest BCUT2D eigenvalue weighted by atomic mass is 16.6. The predicted octanol–water partition coefficient (Wildman–Crippen LogP) is 2.57. The second kappa shape index (κ2) is 11.3. The number of carbonyl (C=O) groups is 1. The van der Waals surface area contributed by atoms with Gasteiger partial charge in [0.2, 0.25) is 11.9 Å². The Morgan fingerprint density at radius 2 is 1.62 bits per heavy atom. The number of carbonyl (C=O) groups excluding carboxylic acids is 1. The van der Waals surface area contributed by atoms with Crippen molar-refractivity contribution in [2.24, 2.45) is 17.0 Å². The van der Waals surface area contributed by atoms with Crippen LogP contribution in [0.1, 0.15) is 36.8 Å². The molecular formula is C25H34N6O3. The fourth-order valence-corrected chi connectivity index (χ4v) is 4.90. The number of benzene rings is 1. The van der Waals surface area contributed by atoms with Crippen LogP contribution in [-0.2, 0) is 16.2 Å². The van der Waals surface area contributed by atoms with E-state index in [1.807, 2.05) is 29.2 Å². The molecule has 34 heavy (non-hydrogen) atoms. The van der Waals surface area contributed by atoms with Crippen molar-refractivity contribution in [3.8, 4) is 5.75 Å². The van der Waals surface area contributed by atoms with E-state index in [0.29, 0.717) is 11.9 Å². The number of hydrogen-bond donors (Lipinski definition) is 1. The number of nitrogens with two attached hydrogens (primary N) is 1. The standard InChI is InChI=1S/C25H34N6O3/c1-33-22-5-3-19(4-6-22)23(29-34-2)20-9-13-31(14-10-20)24(32)21-7-11-30(12-8-21)17-18-15-27-25(26)28-16-18/h3-6,15-16,20-21H,7-14,17H2,1-2H3,(H2,26,27,28)/b29-23+. The first-order valence-electron chi connectivity index (χ1n) is 11.9. The van der Waals surface area contributed by atoms with Crippen LogP contribution < -0.4 is 10.5 Å². The molecule has 2 saturated heterocycles. The van der Waals surface area contributed by atoms with E-state index in [9.17, 15) is 4.79 Å². The SMILES string of the molecule is CO/N=C(\c1ccc(OC)cc1)C1CCN(C(=O)C2CCN(Cc3cnc(N)nc3)CC2)CC1. The number of hydrogen-bond acceptors (Lipinski definition) is 8. The highest BCUT2D eigenvalue weighted by Gasteiger charge is 2.32. The van der Waals surface area contributed by atoms with E-state index in [1.54, 1.807) is 26.6 Å². The van der Waals surface area contributed by atoms with E-state index in [2.05, 4.69) is 20.0 Å². The zero-order valence-corrected chi connectivity index (χ0v) is 20.0. The fourth-order valence-electron chi connectivity index (χ4n) is 4.90. The summed E-state index contributed by atoms with van der Waals surface area (Å²) in [5.74, 6) is 1.77. The van der Waals surface area contributed by atoms with Crippen molar-refractivity contribution in [1.29, 1.82) is 0 Å². The fraction of sp³-hybridized carbons (Fsp3) is 0.520. The quantitative estimate of drug-likeness (QED) is 0.494. The monoisotopic (exact) mass is 466 g/mol. The summed E-state index contributed by atoms with van der Waals surface area (Å²) in [6.45, 7) is 4.11. The van der Waals surface area contributed by atoms with Gasteiger partial charge >= 0.3 is 0 Å². The Morgan fingerprint density at radius 1 is 1.00 bits per heavy atom. The van der Waals surface area contributed by atoms with Gasteiger partial charge in [-0.05, 0) is 68.6 Å². The van der Waals surface area contributed by atoms with Crippen LogP contribution in [0.3, 0.4) is 0 Å². The third-order valence-electron chi connectivity index (χ3n) is 6.84. The number of amides is 1. The normalized spacial score (nSPS) is 18.6. The second-order valence-corrected chi connectivity index (χ2v) is 8.99.